The molecule has 2 aromatic rings. The van der Waals surface area contributed by atoms with E-state index in [0.29, 0.717) is 29.3 Å². The van der Waals surface area contributed by atoms with E-state index in [-0.39, 0.29) is 36.4 Å². The van der Waals surface area contributed by atoms with Crippen LogP contribution in [0.25, 0.3) is 0 Å². The van der Waals surface area contributed by atoms with Crippen molar-refractivity contribution in [2.24, 2.45) is 5.73 Å². The van der Waals surface area contributed by atoms with Crippen LogP contribution in [0.3, 0.4) is 0 Å². The second-order valence-corrected chi connectivity index (χ2v) is 8.30. The summed E-state index contributed by atoms with van der Waals surface area (Å²) in [7, 11) is 0. The lowest BCUT2D eigenvalue weighted by molar-refractivity contribution is -0.171. The molecule has 0 spiro atoms. The SMILES string of the molecule is NCC1(c2cccc(Cl)c2)CCC(N(C(=O)C(F)(F)F)c2ccc(O)c(NC=O)c2)CC1. The average molecular weight is 470 g/mol. The van der Waals surface area contributed by atoms with Gasteiger partial charge in [-0.05, 0) is 61.6 Å². The Morgan fingerprint density at radius 3 is 2.50 bits per heavy atom. The van der Waals surface area contributed by atoms with Gasteiger partial charge in [0.15, 0.2) is 0 Å². The number of alkyl halides is 3. The number of nitrogens with one attached hydrogen (secondary N) is 1. The number of phenolic OH excluding ortho intramolecular Hbond substituents is 1. The largest absolute Gasteiger partial charge is 0.506 e. The monoisotopic (exact) mass is 469 g/mol. The number of carbonyl (C=O) groups excluding carboxylic acids is 2. The van der Waals surface area contributed by atoms with Crippen molar-refractivity contribution in [2.45, 2.75) is 43.3 Å². The maximum absolute atomic E-state index is 13.4. The maximum atomic E-state index is 13.4. The Kier molecular flexibility index (Phi) is 7.00. The Balaban J connectivity index is 1.93. The van der Waals surface area contributed by atoms with Crippen molar-refractivity contribution in [1.29, 1.82) is 0 Å². The van der Waals surface area contributed by atoms with E-state index in [1.165, 1.54) is 6.07 Å². The molecule has 0 bridgehead atoms. The Morgan fingerprint density at radius 1 is 1.25 bits per heavy atom. The summed E-state index contributed by atoms with van der Waals surface area (Å²) in [4.78, 5) is 23.8. The Bertz CT molecular complexity index is 992. The number of hydrogen-bond acceptors (Lipinski definition) is 4. The molecular weight excluding hydrogens is 447 g/mol. The molecule has 0 atom stereocenters. The normalized spacial score (nSPS) is 21.1. The zero-order valence-electron chi connectivity index (χ0n) is 17.0. The molecule has 4 N–H and O–H groups in total. The van der Waals surface area contributed by atoms with E-state index < -0.39 is 23.5 Å². The van der Waals surface area contributed by atoms with Crippen LogP contribution in [0.2, 0.25) is 5.02 Å². The topological polar surface area (TPSA) is 95.7 Å². The third-order valence-corrected chi connectivity index (χ3v) is 6.27. The highest BCUT2D eigenvalue weighted by Gasteiger charge is 2.47. The highest BCUT2D eigenvalue weighted by atomic mass is 35.5. The molecule has 0 radical (unpaired) electrons. The second kappa shape index (κ2) is 9.38. The molecule has 0 unspecified atom stereocenters. The highest BCUT2D eigenvalue weighted by molar-refractivity contribution is 6.30. The maximum Gasteiger partial charge on any atom is 0.471 e. The zero-order valence-corrected chi connectivity index (χ0v) is 17.8. The summed E-state index contributed by atoms with van der Waals surface area (Å²) in [6.07, 6.45) is -3.31. The van der Waals surface area contributed by atoms with E-state index in [4.69, 9.17) is 17.3 Å². The lowest BCUT2D eigenvalue weighted by Gasteiger charge is -2.43. The summed E-state index contributed by atoms with van der Waals surface area (Å²) in [6, 6.07) is 10.0. The minimum absolute atomic E-state index is 0.0671. The molecule has 3 rings (SSSR count). The fraction of sp³-hybridized carbons (Fsp3) is 0.364. The van der Waals surface area contributed by atoms with Gasteiger partial charge < -0.3 is 21.1 Å². The van der Waals surface area contributed by atoms with Crippen molar-refractivity contribution in [3.8, 4) is 5.75 Å². The summed E-state index contributed by atoms with van der Waals surface area (Å²) < 4.78 is 40.3. The molecule has 32 heavy (non-hydrogen) atoms. The van der Waals surface area contributed by atoms with Crippen molar-refractivity contribution in [1.82, 2.24) is 0 Å². The molecule has 1 fully saturated rings. The highest BCUT2D eigenvalue weighted by Crippen LogP contribution is 2.43. The number of amides is 2. The predicted molar refractivity (Wildman–Crippen MR) is 116 cm³/mol. The van der Waals surface area contributed by atoms with E-state index in [1.54, 1.807) is 12.1 Å². The number of halogens is 4. The van der Waals surface area contributed by atoms with Crippen molar-refractivity contribution in [3.63, 3.8) is 0 Å². The summed E-state index contributed by atoms with van der Waals surface area (Å²) in [5.41, 5.74) is 6.39. The molecule has 1 aliphatic rings. The molecule has 0 aliphatic heterocycles. The number of benzene rings is 2. The Hall–Kier alpha value is -2.78. The molecule has 10 heteroatoms. The first-order valence-corrected chi connectivity index (χ1v) is 10.4. The summed E-state index contributed by atoms with van der Waals surface area (Å²) in [5, 5.41) is 12.6. The van der Waals surface area contributed by atoms with Crippen LogP contribution in [0, 0.1) is 0 Å². The average Bonchev–Trinajstić information content (AvgIpc) is 2.76. The summed E-state index contributed by atoms with van der Waals surface area (Å²) in [6.45, 7) is 0.292. The van der Waals surface area contributed by atoms with Crippen molar-refractivity contribution in [2.75, 3.05) is 16.8 Å². The van der Waals surface area contributed by atoms with Gasteiger partial charge in [-0.3, -0.25) is 9.59 Å². The van der Waals surface area contributed by atoms with Gasteiger partial charge in [0.05, 0.1) is 5.69 Å². The van der Waals surface area contributed by atoms with Gasteiger partial charge in [0.2, 0.25) is 6.41 Å². The number of rotatable bonds is 6. The summed E-state index contributed by atoms with van der Waals surface area (Å²) in [5.74, 6) is -2.33. The minimum Gasteiger partial charge on any atom is -0.506 e. The van der Waals surface area contributed by atoms with Crippen LogP contribution >= 0.6 is 11.6 Å². The molecule has 1 aliphatic carbocycles. The molecule has 2 aromatic carbocycles. The molecule has 0 heterocycles. The van der Waals surface area contributed by atoms with Gasteiger partial charge in [-0.1, -0.05) is 23.7 Å². The van der Waals surface area contributed by atoms with Gasteiger partial charge in [0.25, 0.3) is 0 Å². The number of nitrogens with two attached hydrogens (primary N) is 1. The lowest BCUT2D eigenvalue weighted by Crippen LogP contribution is -2.51. The van der Waals surface area contributed by atoms with Gasteiger partial charge in [0, 0.05) is 28.7 Å². The summed E-state index contributed by atoms with van der Waals surface area (Å²) >= 11 is 6.12. The molecule has 2 amide bonds. The van der Waals surface area contributed by atoms with E-state index in [0.717, 1.165) is 17.7 Å². The number of aromatic hydroxyl groups is 1. The molecule has 172 valence electrons. The van der Waals surface area contributed by atoms with Gasteiger partial charge in [0.1, 0.15) is 5.75 Å². The fourth-order valence-corrected chi connectivity index (χ4v) is 4.52. The molecule has 6 nitrogen and oxygen atoms in total. The fourth-order valence-electron chi connectivity index (χ4n) is 4.33. The first-order chi connectivity index (χ1) is 15.1. The number of phenols is 1. The van der Waals surface area contributed by atoms with Gasteiger partial charge in [-0.15, -0.1) is 0 Å². The lowest BCUT2D eigenvalue weighted by atomic mass is 9.68. The smallest absolute Gasteiger partial charge is 0.471 e. The van der Waals surface area contributed by atoms with Gasteiger partial charge >= 0.3 is 12.1 Å². The Morgan fingerprint density at radius 2 is 1.94 bits per heavy atom. The van der Waals surface area contributed by atoms with Crippen LogP contribution in [0.5, 0.6) is 5.75 Å². The quantitative estimate of drug-likeness (QED) is 0.433. The van der Waals surface area contributed by atoms with Crippen LogP contribution in [-0.4, -0.2) is 36.2 Å². The zero-order chi connectivity index (χ0) is 23.5. The second-order valence-electron chi connectivity index (χ2n) is 7.86. The van der Waals surface area contributed by atoms with Crippen molar-refractivity contribution in [3.05, 3.63) is 53.1 Å². The number of carbonyl (C=O) groups is 2. The van der Waals surface area contributed by atoms with Crippen LogP contribution in [0.1, 0.15) is 31.2 Å². The van der Waals surface area contributed by atoms with Gasteiger partial charge in [-0.2, -0.15) is 13.2 Å². The van der Waals surface area contributed by atoms with Crippen LogP contribution < -0.4 is 16.0 Å². The Labute approximate surface area is 188 Å². The van der Waals surface area contributed by atoms with Crippen LogP contribution in [-0.2, 0) is 15.0 Å². The molecule has 0 saturated heterocycles. The third kappa shape index (κ3) is 4.83. The van der Waals surface area contributed by atoms with Gasteiger partial charge in [-0.25, -0.2) is 0 Å². The first kappa shape index (κ1) is 23.9. The molecule has 1 saturated carbocycles. The first-order valence-electron chi connectivity index (χ1n) is 10.0. The minimum atomic E-state index is -5.09. The molecular formula is C22H23ClF3N3O3. The van der Waals surface area contributed by atoms with E-state index in [2.05, 4.69) is 5.32 Å². The third-order valence-electron chi connectivity index (χ3n) is 6.04. The van der Waals surface area contributed by atoms with Crippen molar-refractivity contribution < 1.29 is 27.9 Å². The van der Waals surface area contributed by atoms with Crippen molar-refractivity contribution >= 4 is 35.3 Å². The predicted octanol–water partition coefficient (Wildman–Crippen LogP) is 4.35. The number of anilines is 2. The van der Waals surface area contributed by atoms with Crippen LogP contribution in [0.4, 0.5) is 24.5 Å². The van der Waals surface area contributed by atoms with E-state index in [9.17, 15) is 27.9 Å². The number of hydrogen-bond donors (Lipinski definition) is 3. The van der Waals surface area contributed by atoms with E-state index >= 15 is 0 Å². The molecule has 0 aromatic heterocycles. The van der Waals surface area contributed by atoms with E-state index in [1.807, 2.05) is 12.1 Å². The standard InChI is InChI=1S/C22H23ClF3N3O3/c23-15-3-1-2-14(10-15)21(12-27)8-6-16(7-9-21)29(20(32)22(24,25)26)17-4-5-19(31)18(11-17)28-13-30/h1-5,10-11,13,16,31H,6-9,12,27H2,(H,28,30). The number of nitrogens with zero attached hydrogens (tertiary/aromatic N) is 1. The van der Waals surface area contributed by atoms with Crippen LogP contribution in [0.15, 0.2) is 42.5 Å².